The minimum Gasteiger partial charge on any atom is -0.424 e. The minimum absolute atomic E-state index is 0.0619. The van der Waals surface area contributed by atoms with Crippen LogP contribution in [0.1, 0.15) is 0 Å². The van der Waals surface area contributed by atoms with E-state index in [-0.39, 0.29) is 4.90 Å². The highest BCUT2D eigenvalue weighted by Gasteiger charge is 2.09. The molecule has 0 aliphatic heterocycles. The fourth-order valence-corrected chi connectivity index (χ4v) is 2.75. The van der Waals surface area contributed by atoms with Gasteiger partial charge in [-0.3, -0.25) is 0 Å². The average molecular weight is 237 g/mol. The fourth-order valence-electron chi connectivity index (χ4n) is 0.700. The second-order valence-electron chi connectivity index (χ2n) is 2.04. The maximum absolute atomic E-state index is 11.2. The van der Waals surface area contributed by atoms with Crippen molar-refractivity contribution in [3.05, 3.63) is 30.3 Å². The Bertz CT molecular complexity index is 438. The van der Waals surface area contributed by atoms with Crippen molar-refractivity contribution in [1.82, 2.24) is 0 Å². The SMILES string of the molecule is O=[S-](=S)OS(=O)(=O)c1ccccc1. The minimum atomic E-state index is -3.96. The normalized spacial score (nSPS) is 11.8. The Balaban J connectivity index is 3.09. The van der Waals surface area contributed by atoms with Gasteiger partial charge in [-0.1, -0.05) is 27.8 Å². The summed E-state index contributed by atoms with van der Waals surface area (Å²) in [6.07, 6.45) is 0. The van der Waals surface area contributed by atoms with Gasteiger partial charge in [-0.05, 0) is 12.1 Å². The molecule has 1 aromatic rings. The van der Waals surface area contributed by atoms with E-state index in [2.05, 4.69) is 14.8 Å². The van der Waals surface area contributed by atoms with Crippen molar-refractivity contribution in [1.29, 1.82) is 0 Å². The molecule has 1 aromatic carbocycles. The molecule has 0 aromatic heterocycles. The zero-order valence-electron chi connectivity index (χ0n) is 6.24. The summed E-state index contributed by atoms with van der Waals surface area (Å²) in [5.41, 5.74) is 0. The first-order chi connectivity index (χ1) is 6.02. The van der Waals surface area contributed by atoms with Crippen molar-refractivity contribution < 1.29 is 16.3 Å². The van der Waals surface area contributed by atoms with Crippen LogP contribution in [0.2, 0.25) is 0 Å². The molecule has 0 atom stereocenters. The molecule has 0 fully saturated rings. The molecule has 0 aliphatic carbocycles. The van der Waals surface area contributed by atoms with Crippen LogP contribution in [0.3, 0.4) is 0 Å². The van der Waals surface area contributed by atoms with Crippen LogP contribution < -0.4 is 0 Å². The third-order valence-electron chi connectivity index (χ3n) is 1.18. The Morgan fingerprint density at radius 1 is 1.23 bits per heavy atom. The van der Waals surface area contributed by atoms with Gasteiger partial charge in [0.1, 0.15) is 0 Å². The lowest BCUT2D eigenvalue weighted by Crippen LogP contribution is -2.03. The van der Waals surface area contributed by atoms with E-state index in [1.807, 2.05) is 0 Å². The summed E-state index contributed by atoms with van der Waals surface area (Å²) in [6, 6.07) is 7.38. The Kier molecular flexibility index (Phi) is 3.37. The van der Waals surface area contributed by atoms with E-state index in [0.29, 0.717) is 0 Å². The fraction of sp³-hybridized carbons (Fsp3) is 0. The predicted octanol–water partition coefficient (Wildman–Crippen LogP) is 0.733. The van der Waals surface area contributed by atoms with E-state index in [0.717, 1.165) is 0 Å². The van der Waals surface area contributed by atoms with Crippen molar-refractivity contribution in [2.24, 2.45) is 0 Å². The maximum Gasteiger partial charge on any atom is 0.281 e. The van der Waals surface area contributed by atoms with Crippen molar-refractivity contribution >= 4 is 30.9 Å². The zero-order chi connectivity index (χ0) is 9.90. The van der Waals surface area contributed by atoms with Crippen molar-refractivity contribution in [2.75, 3.05) is 0 Å². The van der Waals surface area contributed by atoms with E-state index in [1.54, 1.807) is 6.07 Å². The molecule has 0 N–H and O–H groups in total. The summed E-state index contributed by atoms with van der Waals surface area (Å²) in [7, 11) is -6.20. The van der Waals surface area contributed by atoms with Gasteiger partial charge in [0, 0.05) is 0 Å². The molecule has 0 spiro atoms. The number of benzene rings is 1. The molecule has 0 heterocycles. The van der Waals surface area contributed by atoms with E-state index in [1.165, 1.54) is 24.3 Å². The van der Waals surface area contributed by atoms with Crippen LogP contribution in [0.5, 0.6) is 0 Å². The predicted molar refractivity (Wildman–Crippen MR) is 50.1 cm³/mol. The van der Waals surface area contributed by atoms with Gasteiger partial charge in [0.15, 0.2) is 0 Å². The average Bonchev–Trinajstić information content (AvgIpc) is 2.04. The van der Waals surface area contributed by atoms with Gasteiger partial charge in [0.05, 0.1) is 4.90 Å². The van der Waals surface area contributed by atoms with Gasteiger partial charge in [0.25, 0.3) is 10.1 Å². The first-order valence-electron chi connectivity index (χ1n) is 3.11. The maximum atomic E-state index is 11.2. The molecule has 0 saturated heterocycles. The summed E-state index contributed by atoms with van der Waals surface area (Å²) in [6.45, 7) is 0. The lowest BCUT2D eigenvalue weighted by Gasteiger charge is -2.05. The van der Waals surface area contributed by atoms with Gasteiger partial charge in [-0.25, -0.2) is 11.2 Å². The number of rotatable bonds is 3. The first kappa shape index (κ1) is 10.6. The summed E-state index contributed by atoms with van der Waals surface area (Å²) in [5.74, 6) is 0. The molecular formula is C6H5O4S3-. The van der Waals surface area contributed by atoms with Crippen molar-refractivity contribution in [3.8, 4) is 0 Å². The Hall–Kier alpha value is -0.500. The lowest BCUT2D eigenvalue weighted by atomic mass is 10.4. The zero-order valence-corrected chi connectivity index (χ0v) is 8.69. The van der Waals surface area contributed by atoms with Crippen LogP contribution in [0.4, 0.5) is 0 Å². The van der Waals surface area contributed by atoms with E-state index in [4.69, 9.17) is 0 Å². The molecule has 4 nitrogen and oxygen atoms in total. The quantitative estimate of drug-likeness (QED) is 0.725. The summed E-state index contributed by atoms with van der Waals surface area (Å²) in [5, 5.41) is 0. The summed E-state index contributed by atoms with van der Waals surface area (Å²) >= 11 is 4.10. The van der Waals surface area contributed by atoms with Crippen molar-refractivity contribution in [2.45, 2.75) is 4.90 Å². The van der Waals surface area contributed by atoms with Gasteiger partial charge in [-0.2, -0.15) is 8.42 Å². The van der Waals surface area contributed by atoms with Gasteiger partial charge >= 0.3 is 0 Å². The van der Waals surface area contributed by atoms with Crippen molar-refractivity contribution in [3.63, 3.8) is 0 Å². The van der Waals surface area contributed by atoms with E-state index >= 15 is 0 Å². The van der Waals surface area contributed by atoms with Crippen LogP contribution >= 0.6 is 0 Å². The largest absolute Gasteiger partial charge is 0.424 e. The van der Waals surface area contributed by atoms with Crippen LogP contribution in [-0.4, -0.2) is 8.42 Å². The Morgan fingerprint density at radius 3 is 2.23 bits per heavy atom. The van der Waals surface area contributed by atoms with Crippen LogP contribution in [0.15, 0.2) is 35.2 Å². The topological polar surface area (TPSA) is 60.4 Å². The molecule has 0 aliphatic rings. The van der Waals surface area contributed by atoms with Gasteiger partial charge in [-0.15, -0.1) is 0 Å². The van der Waals surface area contributed by atoms with Gasteiger partial charge in [0.2, 0.25) is 0 Å². The van der Waals surface area contributed by atoms with E-state index in [9.17, 15) is 12.6 Å². The Morgan fingerprint density at radius 2 is 1.77 bits per heavy atom. The second kappa shape index (κ2) is 4.14. The lowest BCUT2D eigenvalue weighted by molar-refractivity contribution is 0.493. The standard InChI is InChI=1S/C6H5O4S3/c7-12(11)10-13(8,9)6-4-2-1-3-5-6/h1-5H/q-1. The monoisotopic (exact) mass is 237 g/mol. The molecule has 72 valence electrons. The molecule has 0 unspecified atom stereocenters. The summed E-state index contributed by atoms with van der Waals surface area (Å²) < 4.78 is 36.8. The third kappa shape index (κ3) is 3.03. The second-order valence-corrected chi connectivity index (χ2v) is 5.19. The van der Waals surface area contributed by atoms with Gasteiger partial charge < -0.3 is 7.84 Å². The van der Waals surface area contributed by atoms with Crippen LogP contribution in [0.25, 0.3) is 0 Å². The smallest absolute Gasteiger partial charge is 0.281 e. The highest BCUT2D eigenvalue weighted by Crippen LogP contribution is 2.10. The molecule has 0 radical (unpaired) electrons. The molecular weight excluding hydrogens is 232 g/mol. The third-order valence-corrected chi connectivity index (χ3v) is 3.69. The van der Waals surface area contributed by atoms with E-state index < -0.39 is 19.8 Å². The molecule has 0 amide bonds. The molecule has 1 rings (SSSR count). The molecule has 0 bridgehead atoms. The van der Waals surface area contributed by atoms with Crippen LogP contribution in [0, 0.1) is 0 Å². The summed E-state index contributed by atoms with van der Waals surface area (Å²) in [4.78, 5) is -0.0619. The highest BCUT2D eigenvalue weighted by molar-refractivity contribution is 8.21. The first-order valence-corrected chi connectivity index (χ1v) is 6.52. The Labute approximate surface area is 82.6 Å². The van der Waals surface area contributed by atoms with Crippen LogP contribution in [-0.2, 0) is 38.8 Å². The molecule has 0 saturated carbocycles. The highest BCUT2D eigenvalue weighted by atomic mass is 32.8. The number of hydrogen-bond acceptors (Lipinski definition) is 6. The molecule has 7 heteroatoms. The number of hydrogen-bond donors (Lipinski definition) is 0. The molecule has 13 heavy (non-hydrogen) atoms.